The first kappa shape index (κ1) is 11.7. The van der Waals surface area contributed by atoms with Crippen molar-refractivity contribution in [1.82, 2.24) is 0 Å². The third-order valence-electron chi connectivity index (χ3n) is 1.40. The minimum absolute atomic E-state index is 0.0159. The Bertz CT molecular complexity index is 176. The molecule has 0 radical (unpaired) electrons. The minimum Gasteiger partial charge on any atom is -0.417 e. The lowest BCUT2D eigenvalue weighted by atomic mass is 9.96. The molecule has 0 aliphatic rings. The van der Waals surface area contributed by atoms with Crippen LogP contribution in [0.2, 0.25) is 19.6 Å². The Balaban J connectivity index is 3.85. The molecule has 0 aliphatic carbocycles. The fourth-order valence-electron chi connectivity index (χ4n) is 0.672. The van der Waals surface area contributed by atoms with E-state index in [0.717, 1.165) is 0 Å². The summed E-state index contributed by atoms with van der Waals surface area (Å²) >= 11 is 0. The summed E-state index contributed by atoms with van der Waals surface area (Å²) in [6.45, 7) is 18.7. The first-order chi connectivity index (χ1) is 5.27. The van der Waals surface area contributed by atoms with Crippen LogP contribution in [0.4, 0.5) is 0 Å². The van der Waals surface area contributed by atoms with Gasteiger partial charge in [0.15, 0.2) is 8.32 Å². The molecule has 0 saturated carbocycles. The van der Waals surface area contributed by atoms with Crippen LogP contribution in [0.25, 0.3) is 4.85 Å². The van der Waals surface area contributed by atoms with Gasteiger partial charge in [-0.2, -0.15) is 0 Å². The average molecular weight is 185 g/mol. The van der Waals surface area contributed by atoms with Gasteiger partial charge < -0.3 is 9.27 Å². The molecule has 0 aromatic rings. The molecule has 2 nitrogen and oxygen atoms in total. The Labute approximate surface area is 76.9 Å². The fourth-order valence-corrected chi connectivity index (χ4v) is 1.50. The summed E-state index contributed by atoms with van der Waals surface area (Å²) in [5.74, 6) is 0. The third-order valence-corrected chi connectivity index (χ3v) is 2.41. The molecule has 0 aromatic heterocycles. The smallest absolute Gasteiger partial charge is 0.221 e. The lowest BCUT2D eigenvalue weighted by Crippen LogP contribution is -2.32. The van der Waals surface area contributed by atoms with Crippen molar-refractivity contribution >= 4 is 8.32 Å². The van der Waals surface area contributed by atoms with E-state index in [9.17, 15) is 0 Å². The maximum atomic E-state index is 6.77. The van der Waals surface area contributed by atoms with E-state index in [-0.39, 0.29) is 5.41 Å². The number of nitrogens with zero attached hydrogens (tertiary/aromatic N) is 1. The summed E-state index contributed by atoms with van der Waals surface area (Å²) in [7, 11) is -1.40. The Morgan fingerprint density at radius 2 is 1.83 bits per heavy atom. The highest BCUT2D eigenvalue weighted by molar-refractivity contribution is 6.69. The molecular formula is C9H19NOSi. The Morgan fingerprint density at radius 1 is 1.33 bits per heavy atom. The highest BCUT2D eigenvalue weighted by atomic mass is 28.4. The topological polar surface area (TPSA) is 13.6 Å². The fraction of sp³-hybridized carbons (Fsp3) is 0.889. The van der Waals surface area contributed by atoms with Gasteiger partial charge in [0.25, 0.3) is 0 Å². The zero-order valence-electron chi connectivity index (χ0n) is 8.77. The van der Waals surface area contributed by atoms with Gasteiger partial charge in [0.05, 0.1) is 5.41 Å². The molecule has 3 heteroatoms. The second kappa shape index (κ2) is 4.06. The second-order valence-electron chi connectivity index (χ2n) is 4.88. The molecule has 0 unspecified atom stereocenters. The maximum absolute atomic E-state index is 6.77. The Hall–Kier alpha value is -0.333. The van der Waals surface area contributed by atoms with E-state index >= 15 is 0 Å². The predicted molar refractivity (Wildman–Crippen MR) is 54.5 cm³/mol. The lowest BCUT2D eigenvalue weighted by Gasteiger charge is -2.24. The van der Waals surface area contributed by atoms with Gasteiger partial charge in [-0.1, -0.05) is 13.8 Å². The number of hydrogen-bond donors (Lipinski definition) is 0. The molecule has 0 saturated heterocycles. The van der Waals surface area contributed by atoms with Gasteiger partial charge >= 0.3 is 0 Å². The summed E-state index contributed by atoms with van der Waals surface area (Å²) in [5.41, 5.74) is 0.0159. The van der Waals surface area contributed by atoms with Crippen molar-refractivity contribution in [3.63, 3.8) is 0 Å². The summed E-state index contributed by atoms with van der Waals surface area (Å²) in [6, 6.07) is 0. The first-order valence-electron chi connectivity index (χ1n) is 4.24. The molecule has 0 amide bonds. The normalized spacial score (nSPS) is 12.7. The summed E-state index contributed by atoms with van der Waals surface area (Å²) < 4.78 is 5.74. The van der Waals surface area contributed by atoms with Crippen LogP contribution in [-0.2, 0) is 4.43 Å². The van der Waals surface area contributed by atoms with Gasteiger partial charge in [-0.3, -0.25) is 0 Å². The van der Waals surface area contributed by atoms with E-state index in [1.807, 2.05) is 0 Å². The van der Waals surface area contributed by atoms with Gasteiger partial charge in [-0.05, 0) is 19.6 Å². The molecule has 0 rings (SSSR count). The highest BCUT2D eigenvalue weighted by Crippen LogP contribution is 2.18. The summed E-state index contributed by atoms with van der Waals surface area (Å²) in [6.07, 6.45) is 0. The quantitative estimate of drug-likeness (QED) is 0.485. The zero-order valence-corrected chi connectivity index (χ0v) is 9.77. The van der Waals surface area contributed by atoms with Crippen LogP contribution in [0, 0.1) is 12.0 Å². The van der Waals surface area contributed by atoms with Crippen LogP contribution in [0.1, 0.15) is 13.8 Å². The summed E-state index contributed by atoms with van der Waals surface area (Å²) in [4.78, 5) is 3.39. The molecule has 0 N–H and O–H groups in total. The van der Waals surface area contributed by atoms with Gasteiger partial charge in [-0.25, -0.2) is 6.57 Å². The lowest BCUT2D eigenvalue weighted by molar-refractivity contribution is 0.188. The van der Waals surface area contributed by atoms with Gasteiger partial charge in [0, 0.05) is 6.61 Å². The molecule has 0 fully saturated rings. The molecular weight excluding hydrogens is 166 g/mol. The van der Waals surface area contributed by atoms with Gasteiger partial charge in [0.1, 0.15) is 0 Å². The molecule has 0 bridgehead atoms. The molecule has 0 aromatic carbocycles. The van der Waals surface area contributed by atoms with E-state index < -0.39 is 8.32 Å². The monoisotopic (exact) mass is 185 g/mol. The van der Waals surface area contributed by atoms with Crippen molar-refractivity contribution in [2.45, 2.75) is 33.5 Å². The zero-order chi connectivity index (χ0) is 9.83. The van der Waals surface area contributed by atoms with Crippen LogP contribution in [0.3, 0.4) is 0 Å². The van der Waals surface area contributed by atoms with E-state index in [0.29, 0.717) is 13.2 Å². The number of hydrogen-bond acceptors (Lipinski definition) is 1. The average Bonchev–Trinajstić information content (AvgIpc) is 1.83. The molecule has 70 valence electrons. The Morgan fingerprint density at radius 3 is 2.17 bits per heavy atom. The number of rotatable bonds is 4. The first-order valence-corrected chi connectivity index (χ1v) is 7.65. The van der Waals surface area contributed by atoms with E-state index in [4.69, 9.17) is 11.0 Å². The highest BCUT2D eigenvalue weighted by Gasteiger charge is 2.25. The molecule has 0 atom stereocenters. The maximum Gasteiger partial charge on any atom is 0.221 e. The predicted octanol–water partition coefficient (Wildman–Crippen LogP) is 2.78. The van der Waals surface area contributed by atoms with Crippen LogP contribution < -0.4 is 0 Å². The minimum atomic E-state index is -1.40. The van der Waals surface area contributed by atoms with Crippen molar-refractivity contribution < 1.29 is 4.43 Å². The van der Waals surface area contributed by atoms with E-state index in [2.05, 4.69) is 38.3 Å². The largest absolute Gasteiger partial charge is 0.417 e. The van der Waals surface area contributed by atoms with Gasteiger partial charge in [-0.15, -0.1) is 0 Å². The van der Waals surface area contributed by atoms with E-state index in [1.54, 1.807) is 0 Å². The van der Waals surface area contributed by atoms with Crippen LogP contribution in [-0.4, -0.2) is 21.5 Å². The van der Waals surface area contributed by atoms with Crippen LogP contribution >= 0.6 is 0 Å². The molecule has 0 spiro atoms. The second-order valence-corrected chi connectivity index (χ2v) is 9.39. The SMILES string of the molecule is [C-]#[N+]CC(C)(C)CO[Si](C)(C)C. The molecule has 0 aliphatic heterocycles. The van der Waals surface area contributed by atoms with Crippen molar-refractivity contribution in [2.24, 2.45) is 5.41 Å². The van der Waals surface area contributed by atoms with Crippen molar-refractivity contribution in [3.8, 4) is 0 Å². The molecule has 0 heterocycles. The van der Waals surface area contributed by atoms with Crippen molar-refractivity contribution in [1.29, 1.82) is 0 Å². The van der Waals surface area contributed by atoms with E-state index in [1.165, 1.54) is 0 Å². The van der Waals surface area contributed by atoms with Crippen molar-refractivity contribution in [3.05, 3.63) is 11.4 Å². The van der Waals surface area contributed by atoms with Crippen LogP contribution in [0.5, 0.6) is 0 Å². The van der Waals surface area contributed by atoms with Crippen LogP contribution in [0.15, 0.2) is 0 Å². The van der Waals surface area contributed by atoms with Gasteiger partial charge in [0.2, 0.25) is 6.54 Å². The third kappa shape index (κ3) is 6.38. The molecule has 12 heavy (non-hydrogen) atoms. The summed E-state index contributed by atoms with van der Waals surface area (Å²) in [5, 5.41) is 0. The standard InChI is InChI=1S/C9H19NOSi/c1-9(2,7-10-3)8-11-12(4,5)6/h7-8H2,1-2,4-6H3. The van der Waals surface area contributed by atoms with Crippen molar-refractivity contribution in [2.75, 3.05) is 13.2 Å². The Kier molecular flexibility index (Phi) is 3.95.